The largest absolute Gasteiger partial charge is 0.423 e. The molecule has 8 nitrogen and oxygen atoms in total. The topological polar surface area (TPSA) is 101 Å². The standard InChI is InChI=1S/C24H23F2N3O5/c25-22(26)18-14-21(30)34-20-13-16(6-7-17(18)20)27-23(31)19(12-15-4-2-1-3-5-15)28-24(32)29-8-10-33-11-9-29/h1-7,13-14,19,22H,8-12H2,(H,27,31)(H,28,32). The number of morpholine rings is 1. The van der Waals surface area contributed by atoms with Gasteiger partial charge in [-0.1, -0.05) is 30.3 Å². The zero-order chi connectivity index (χ0) is 24.1. The Hall–Kier alpha value is -3.79. The van der Waals surface area contributed by atoms with Gasteiger partial charge in [0.15, 0.2) is 0 Å². The van der Waals surface area contributed by atoms with Gasteiger partial charge in [-0.15, -0.1) is 0 Å². The highest BCUT2D eigenvalue weighted by Gasteiger charge is 2.25. The molecular formula is C24H23F2N3O5. The number of anilines is 1. The highest BCUT2D eigenvalue weighted by Crippen LogP contribution is 2.28. The molecule has 1 unspecified atom stereocenters. The number of benzene rings is 2. The smallest absolute Gasteiger partial charge is 0.336 e. The van der Waals surface area contributed by atoms with Gasteiger partial charge in [-0.25, -0.2) is 18.4 Å². The van der Waals surface area contributed by atoms with Gasteiger partial charge in [0.25, 0.3) is 6.43 Å². The second-order valence-electron chi connectivity index (χ2n) is 7.81. The third-order valence-electron chi connectivity index (χ3n) is 5.47. The molecule has 0 radical (unpaired) electrons. The second-order valence-corrected chi connectivity index (χ2v) is 7.81. The maximum absolute atomic E-state index is 13.3. The number of fused-ring (bicyclic) bond motifs is 1. The van der Waals surface area contributed by atoms with E-state index in [1.54, 1.807) is 4.90 Å². The maximum Gasteiger partial charge on any atom is 0.336 e. The quantitative estimate of drug-likeness (QED) is 0.537. The summed E-state index contributed by atoms with van der Waals surface area (Å²) in [5.74, 6) is -0.503. The zero-order valence-corrected chi connectivity index (χ0v) is 18.1. The molecule has 3 amide bonds. The van der Waals surface area contributed by atoms with Crippen LogP contribution in [0.25, 0.3) is 11.0 Å². The number of nitrogens with zero attached hydrogens (tertiary/aromatic N) is 1. The van der Waals surface area contributed by atoms with Crippen molar-refractivity contribution in [1.82, 2.24) is 10.2 Å². The summed E-state index contributed by atoms with van der Waals surface area (Å²) in [7, 11) is 0. The van der Waals surface area contributed by atoms with E-state index < -0.39 is 29.6 Å². The lowest BCUT2D eigenvalue weighted by atomic mass is 10.0. The summed E-state index contributed by atoms with van der Waals surface area (Å²) in [5.41, 5.74) is -0.339. The van der Waals surface area contributed by atoms with Crippen LogP contribution in [0.5, 0.6) is 0 Å². The number of urea groups is 1. The van der Waals surface area contributed by atoms with Crippen LogP contribution < -0.4 is 16.3 Å². The minimum Gasteiger partial charge on any atom is -0.423 e. The predicted octanol–water partition coefficient (Wildman–Crippen LogP) is 3.32. The molecule has 1 aromatic heterocycles. The minimum absolute atomic E-state index is 0.0717. The van der Waals surface area contributed by atoms with Crippen molar-refractivity contribution in [3.8, 4) is 0 Å². The van der Waals surface area contributed by atoms with Crippen LogP contribution in [0.2, 0.25) is 0 Å². The second kappa shape index (κ2) is 10.4. The first kappa shape index (κ1) is 23.4. The van der Waals surface area contributed by atoms with E-state index in [1.807, 2.05) is 30.3 Å². The fourth-order valence-corrected chi connectivity index (χ4v) is 3.74. The van der Waals surface area contributed by atoms with Gasteiger partial charge in [-0.2, -0.15) is 0 Å². The molecule has 1 aliphatic rings. The number of nitrogens with one attached hydrogen (secondary N) is 2. The number of rotatable bonds is 6. The van der Waals surface area contributed by atoms with Crippen LogP contribution in [0.3, 0.4) is 0 Å². The number of amides is 3. The van der Waals surface area contributed by atoms with Crippen molar-refractivity contribution in [2.75, 3.05) is 31.6 Å². The molecule has 2 N–H and O–H groups in total. The molecule has 4 rings (SSSR count). The van der Waals surface area contributed by atoms with Gasteiger partial charge >= 0.3 is 11.7 Å². The Morgan fingerprint density at radius 3 is 2.47 bits per heavy atom. The van der Waals surface area contributed by atoms with Crippen LogP contribution in [-0.4, -0.2) is 49.2 Å². The Morgan fingerprint density at radius 2 is 1.76 bits per heavy atom. The van der Waals surface area contributed by atoms with E-state index in [-0.39, 0.29) is 29.1 Å². The van der Waals surface area contributed by atoms with Gasteiger partial charge in [0.05, 0.1) is 13.2 Å². The van der Waals surface area contributed by atoms with Crippen LogP contribution in [0.4, 0.5) is 19.3 Å². The lowest BCUT2D eigenvalue weighted by Crippen LogP contribution is -2.53. The molecule has 0 spiro atoms. The molecule has 2 aromatic carbocycles. The lowest BCUT2D eigenvalue weighted by Gasteiger charge is -2.29. The Kier molecular flexibility index (Phi) is 7.17. The zero-order valence-electron chi connectivity index (χ0n) is 18.1. The molecule has 10 heteroatoms. The van der Waals surface area contributed by atoms with Gasteiger partial charge in [-0.05, 0) is 17.7 Å². The van der Waals surface area contributed by atoms with E-state index in [4.69, 9.17) is 9.15 Å². The molecule has 1 saturated heterocycles. The number of ether oxygens (including phenoxy) is 1. The van der Waals surface area contributed by atoms with Crippen LogP contribution in [0, 0.1) is 0 Å². The van der Waals surface area contributed by atoms with Gasteiger partial charge < -0.3 is 24.7 Å². The van der Waals surface area contributed by atoms with Gasteiger partial charge in [-0.3, -0.25) is 4.79 Å². The van der Waals surface area contributed by atoms with E-state index in [9.17, 15) is 23.2 Å². The van der Waals surface area contributed by atoms with Crippen LogP contribution in [0.15, 0.2) is 63.8 Å². The van der Waals surface area contributed by atoms with E-state index in [0.717, 1.165) is 11.6 Å². The Bertz CT molecular complexity index is 1230. The van der Waals surface area contributed by atoms with Crippen LogP contribution in [0.1, 0.15) is 17.6 Å². The predicted molar refractivity (Wildman–Crippen MR) is 121 cm³/mol. The van der Waals surface area contributed by atoms with Crippen molar-refractivity contribution < 1.29 is 27.5 Å². The van der Waals surface area contributed by atoms with Crippen molar-refractivity contribution >= 4 is 28.6 Å². The Labute approximate surface area is 193 Å². The fourth-order valence-electron chi connectivity index (χ4n) is 3.74. The molecule has 1 fully saturated rings. The number of hydrogen-bond acceptors (Lipinski definition) is 5. The molecular weight excluding hydrogens is 448 g/mol. The summed E-state index contributed by atoms with van der Waals surface area (Å²) in [4.78, 5) is 39.1. The van der Waals surface area contributed by atoms with E-state index in [0.29, 0.717) is 26.3 Å². The normalized spacial score (nSPS) is 14.7. The lowest BCUT2D eigenvalue weighted by molar-refractivity contribution is -0.118. The average Bonchev–Trinajstić information content (AvgIpc) is 2.84. The molecule has 3 aromatic rings. The average molecular weight is 471 g/mol. The number of alkyl halides is 2. The first-order valence-corrected chi connectivity index (χ1v) is 10.7. The van der Waals surface area contributed by atoms with Crippen molar-refractivity contribution in [3.63, 3.8) is 0 Å². The molecule has 2 heterocycles. The van der Waals surface area contributed by atoms with Crippen LogP contribution >= 0.6 is 0 Å². The van der Waals surface area contributed by atoms with Crippen molar-refractivity contribution in [2.24, 2.45) is 0 Å². The summed E-state index contributed by atoms with van der Waals surface area (Å²) >= 11 is 0. The van der Waals surface area contributed by atoms with Crippen molar-refractivity contribution in [2.45, 2.75) is 18.9 Å². The summed E-state index contributed by atoms with van der Waals surface area (Å²) < 4.78 is 36.9. The molecule has 1 atom stereocenters. The monoisotopic (exact) mass is 471 g/mol. The Balaban J connectivity index is 1.56. The maximum atomic E-state index is 13.3. The highest BCUT2D eigenvalue weighted by atomic mass is 19.3. The number of hydrogen-bond donors (Lipinski definition) is 2. The summed E-state index contributed by atoms with van der Waals surface area (Å²) in [6.45, 7) is 1.68. The van der Waals surface area contributed by atoms with Gasteiger partial charge in [0.1, 0.15) is 11.6 Å². The number of carbonyl (C=O) groups excluding carboxylic acids is 2. The third kappa shape index (κ3) is 5.57. The summed E-state index contributed by atoms with van der Waals surface area (Å²) in [6.07, 6.45) is -2.61. The number of halogens is 2. The fraction of sp³-hybridized carbons (Fsp3) is 0.292. The minimum atomic E-state index is -2.85. The van der Waals surface area contributed by atoms with Crippen molar-refractivity contribution in [1.29, 1.82) is 0 Å². The van der Waals surface area contributed by atoms with Gasteiger partial charge in [0, 0.05) is 48.3 Å². The summed E-state index contributed by atoms with van der Waals surface area (Å²) in [5, 5.41) is 5.53. The SMILES string of the molecule is O=C(Nc1ccc2c(C(F)F)cc(=O)oc2c1)C(Cc1ccccc1)NC(=O)N1CCOCC1. The number of carbonyl (C=O) groups is 2. The molecule has 178 valence electrons. The molecule has 34 heavy (non-hydrogen) atoms. The van der Waals surface area contributed by atoms with Gasteiger partial charge in [0.2, 0.25) is 5.91 Å². The van der Waals surface area contributed by atoms with E-state index >= 15 is 0 Å². The highest BCUT2D eigenvalue weighted by molar-refractivity contribution is 5.98. The van der Waals surface area contributed by atoms with E-state index in [2.05, 4.69) is 10.6 Å². The molecule has 0 saturated carbocycles. The first-order valence-electron chi connectivity index (χ1n) is 10.7. The van der Waals surface area contributed by atoms with Crippen LogP contribution in [-0.2, 0) is 16.0 Å². The third-order valence-corrected chi connectivity index (χ3v) is 5.47. The van der Waals surface area contributed by atoms with Crippen molar-refractivity contribution in [3.05, 3.63) is 76.1 Å². The van der Waals surface area contributed by atoms with E-state index in [1.165, 1.54) is 18.2 Å². The molecule has 0 bridgehead atoms. The molecule has 1 aliphatic heterocycles. The molecule has 0 aliphatic carbocycles. The first-order chi connectivity index (χ1) is 16.4. The Morgan fingerprint density at radius 1 is 1.03 bits per heavy atom. The summed E-state index contributed by atoms with van der Waals surface area (Å²) in [6, 6.07) is 12.8.